The van der Waals surface area contributed by atoms with Gasteiger partial charge in [0.15, 0.2) is 0 Å². The number of hydrogen-bond acceptors (Lipinski definition) is 1. The van der Waals surface area contributed by atoms with Crippen LogP contribution in [0.1, 0.15) is 55.8 Å². The van der Waals surface area contributed by atoms with Crippen molar-refractivity contribution in [1.29, 1.82) is 0 Å². The SMILES string of the molecule is CCC(NCc1ccc(C(C)C)cc1)c1ccc(Cl)cc1. The monoisotopic (exact) mass is 301 g/mol. The highest BCUT2D eigenvalue weighted by molar-refractivity contribution is 6.30. The average molecular weight is 302 g/mol. The fraction of sp³-hybridized carbons (Fsp3) is 0.368. The van der Waals surface area contributed by atoms with Crippen LogP contribution in [0.4, 0.5) is 0 Å². The topological polar surface area (TPSA) is 12.0 Å². The maximum absolute atomic E-state index is 5.95. The molecule has 0 aliphatic carbocycles. The first kappa shape index (κ1) is 16.1. The lowest BCUT2D eigenvalue weighted by Crippen LogP contribution is -2.20. The van der Waals surface area contributed by atoms with Gasteiger partial charge in [-0.15, -0.1) is 0 Å². The van der Waals surface area contributed by atoms with Crippen LogP contribution in [0.15, 0.2) is 48.5 Å². The Morgan fingerprint density at radius 1 is 0.905 bits per heavy atom. The standard InChI is InChI=1S/C19H24ClN/c1-4-19(17-9-11-18(20)12-10-17)21-13-15-5-7-16(8-6-15)14(2)3/h5-12,14,19,21H,4,13H2,1-3H3. The molecule has 1 nitrogen and oxygen atoms in total. The fourth-order valence-electron chi connectivity index (χ4n) is 2.45. The lowest BCUT2D eigenvalue weighted by Gasteiger charge is -2.18. The van der Waals surface area contributed by atoms with E-state index in [0.29, 0.717) is 12.0 Å². The number of benzene rings is 2. The van der Waals surface area contributed by atoms with E-state index in [2.05, 4.69) is 62.5 Å². The Balaban J connectivity index is 1.98. The number of halogens is 1. The van der Waals surface area contributed by atoms with Gasteiger partial charge in [-0.2, -0.15) is 0 Å². The highest BCUT2D eigenvalue weighted by Crippen LogP contribution is 2.20. The van der Waals surface area contributed by atoms with Crippen LogP contribution < -0.4 is 5.32 Å². The number of nitrogens with one attached hydrogen (secondary N) is 1. The van der Waals surface area contributed by atoms with Crippen molar-refractivity contribution < 1.29 is 0 Å². The second-order valence-corrected chi connectivity index (χ2v) is 6.23. The molecule has 0 aromatic heterocycles. The molecule has 0 bridgehead atoms. The lowest BCUT2D eigenvalue weighted by molar-refractivity contribution is 0.519. The molecule has 1 atom stereocenters. The normalized spacial score (nSPS) is 12.6. The summed E-state index contributed by atoms with van der Waals surface area (Å²) in [4.78, 5) is 0. The second-order valence-electron chi connectivity index (χ2n) is 5.79. The Hall–Kier alpha value is -1.31. The zero-order valence-electron chi connectivity index (χ0n) is 13.1. The molecular formula is C19H24ClN. The molecule has 0 heterocycles. The zero-order chi connectivity index (χ0) is 15.2. The molecule has 0 spiro atoms. The number of rotatable bonds is 6. The first-order valence-corrected chi connectivity index (χ1v) is 8.05. The van der Waals surface area contributed by atoms with Gasteiger partial charge in [0.05, 0.1) is 0 Å². The third-order valence-corrected chi connectivity index (χ3v) is 4.13. The molecule has 0 radical (unpaired) electrons. The van der Waals surface area contributed by atoms with Crippen molar-refractivity contribution in [1.82, 2.24) is 5.32 Å². The number of hydrogen-bond donors (Lipinski definition) is 1. The van der Waals surface area contributed by atoms with E-state index in [1.54, 1.807) is 0 Å². The summed E-state index contributed by atoms with van der Waals surface area (Å²) >= 11 is 5.95. The van der Waals surface area contributed by atoms with Crippen LogP contribution >= 0.6 is 11.6 Å². The van der Waals surface area contributed by atoms with Crippen LogP contribution in [0.5, 0.6) is 0 Å². The Morgan fingerprint density at radius 2 is 1.48 bits per heavy atom. The predicted molar refractivity (Wildman–Crippen MR) is 91.9 cm³/mol. The molecule has 21 heavy (non-hydrogen) atoms. The van der Waals surface area contributed by atoms with Crippen molar-refractivity contribution in [2.75, 3.05) is 0 Å². The third-order valence-electron chi connectivity index (χ3n) is 3.88. The molecule has 0 saturated carbocycles. The van der Waals surface area contributed by atoms with Crippen molar-refractivity contribution in [3.63, 3.8) is 0 Å². The van der Waals surface area contributed by atoms with Crippen LogP contribution in [0.2, 0.25) is 5.02 Å². The van der Waals surface area contributed by atoms with Crippen LogP contribution in [0.25, 0.3) is 0 Å². The minimum absolute atomic E-state index is 0.368. The molecule has 0 aliphatic rings. The molecule has 2 heteroatoms. The van der Waals surface area contributed by atoms with E-state index in [9.17, 15) is 0 Å². The van der Waals surface area contributed by atoms with E-state index in [-0.39, 0.29) is 0 Å². The molecule has 2 rings (SSSR count). The van der Waals surface area contributed by atoms with Gasteiger partial charge in [0, 0.05) is 17.6 Å². The molecule has 112 valence electrons. The van der Waals surface area contributed by atoms with Crippen LogP contribution in [-0.2, 0) is 6.54 Å². The molecule has 0 saturated heterocycles. The molecular weight excluding hydrogens is 278 g/mol. The van der Waals surface area contributed by atoms with Crippen LogP contribution in [0, 0.1) is 0 Å². The van der Waals surface area contributed by atoms with Crippen LogP contribution in [0.3, 0.4) is 0 Å². The largest absolute Gasteiger partial charge is 0.306 e. The first-order valence-electron chi connectivity index (χ1n) is 7.67. The summed E-state index contributed by atoms with van der Waals surface area (Å²) in [6.45, 7) is 7.54. The molecule has 2 aromatic carbocycles. The van der Waals surface area contributed by atoms with Gasteiger partial charge in [-0.05, 0) is 41.2 Å². The summed E-state index contributed by atoms with van der Waals surface area (Å²) in [6.07, 6.45) is 1.06. The van der Waals surface area contributed by atoms with Gasteiger partial charge in [-0.3, -0.25) is 0 Å². The van der Waals surface area contributed by atoms with Gasteiger partial charge < -0.3 is 5.32 Å². The zero-order valence-corrected chi connectivity index (χ0v) is 13.8. The first-order chi connectivity index (χ1) is 10.1. The summed E-state index contributed by atoms with van der Waals surface area (Å²) < 4.78 is 0. The van der Waals surface area contributed by atoms with Crippen molar-refractivity contribution in [3.8, 4) is 0 Å². The molecule has 1 unspecified atom stereocenters. The second kappa shape index (κ2) is 7.63. The molecule has 0 aliphatic heterocycles. The summed E-state index contributed by atoms with van der Waals surface area (Å²) in [5.41, 5.74) is 4.01. The van der Waals surface area contributed by atoms with Crippen molar-refractivity contribution >= 4 is 11.6 Å². The highest BCUT2D eigenvalue weighted by Gasteiger charge is 2.08. The van der Waals surface area contributed by atoms with E-state index in [4.69, 9.17) is 11.6 Å². The van der Waals surface area contributed by atoms with Gasteiger partial charge in [0.25, 0.3) is 0 Å². The molecule has 0 fully saturated rings. The fourth-order valence-corrected chi connectivity index (χ4v) is 2.58. The van der Waals surface area contributed by atoms with Crippen molar-refractivity contribution in [2.45, 2.75) is 45.7 Å². The van der Waals surface area contributed by atoms with Gasteiger partial charge in [0.2, 0.25) is 0 Å². The van der Waals surface area contributed by atoms with E-state index < -0.39 is 0 Å². The third kappa shape index (κ3) is 4.59. The molecule has 1 N–H and O–H groups in total. The average Bonchev–Trinajstić information content (AvgIpc) is 2.50. The minimum atomic E-state index is 0.368. The van der Waals surface area contributed by atoms with E-state index in [0.717, 1.165) is 18.0 Å². The molecule has 0 amide bonds. The summed E-state index contributed by atoms with van der Waals surface area (Å²) in [5, 5.41) is 4.42. The van der Waals surface area contributed by atoms with E-state index in [1.807, 2.05) is 12.1 Å². The summed E-state index contributed by atoms with van der Waals surface area (Å²) in [5.74, 6) is 0.587. The Kier molecular flexibility index (Phi) is 5.84. The Labute approximate surface area is 133 Å². The quantitative estimate of drug-likeness (QED) is 0.721. The maximum Gasteiger partial charge on any atom is 0.0406 e. The lowest BCUT2D eigenvalue weighted by atomic mass is 10.0. The Morgan fingerprint density at radius 3 is 2.00 bits per heavy atom. The van der Waals surface area contributed by atoms with E-state index >= 15 is 0 Å². The highest BCUT2D eigenvalue weighted by atomic mass is 35.5. The summed E-state index contributed by atoms with van der Waals surface area (Å²) in [7, 11) is 0. The minimum Gasteiger partial charge on any atom is -0.306 e. The van der Waals surface area contributed by atoms with Crippen LogP contribution in [-0.4, -0.2) is 0 Å². The van der Waals surface area contributed by atoms with Gasteiger partial charge in [-0.1, -0.05) is 68.8 Å². The van der Waals surface area contributed by atoms with Gasteiger partial charge in [-0.25, -0.2) is 0 Å². The van der Waals surface area contributed by atoms with E-state index in [1.165, 1.54) is 16.7 Å². The molecule has 2 aromatic rings. The summed E-state index contributed by atoms with van der Waals surface area (Å²) in [6, 6.07) is 17.4. The van der Waals surface area contributed by atoms with Crippen molar-refractivity contribution in [2.24, 2.45) is 0 Å². The maximum atomic E-state index is 5.95. The predicted octanol–water partition coefficient (Wildman–Crippen LogP) is 5.70. The Bertz CT molecular complexity index is 543. The van der Waals surface area contributed by atoms with Crippen molar-refractivity contribution in [3.05, 3.63) is 70.2 Å². The van der Waals surface area contributed by atoms with Gasteiger partial charge >= 0.3 is 0 Å². The smallest absolute Gasteiger partial charge is 0.0406 e. The van der Waals surface area contributed by atoms with Gasteiger partial charge in [0.1, 0.15) is 0 Å².